The molecular weight excluding hydrogens is 424 g/mol. The Balaban J connectivity index is 1.78. The molecule has 2 rings (SSSR count). The van der Waals surface area contributed by atoms with E-state index in [4.69, 9.17) is 9.47 Å². The smallest absolute Gasteiger partial charge is 0.279 e. The average Bonchev–Trinajstić information content (AvgIpc) is 2.64. The maximum Gasteiger partial charge on any atom is 0.279 e. The van der Waals surface area contributed by atoms with Crippen molar-refractivity contribution in [2.45, 2.75) is 39.7 Å². The lowest BCUT2D eigenvalue weighted by molar-refractivity contribution is -0.133. The molecule has 2 N–H and O–H groups in total. The molecule has 0 saturated heterocycles. The number of amides is 2. The van der Waals surface area contributed by atoms with Gasteiger partial charge in [0.15, 0.2) is 12.7 Å². The molecule has 7 heteroatoms. The van der Waals surface area contributed by atoms with Gasteiger partial charge in [-0.2, -0.15) is 0 Å². The number of hydrogen-bond acceptors (Lipinski definition) is 4. The van der Waals surface area contributed by atoms with E-state index >= 15 is 0 Å². The molecule has 2 aromatic carbocycles. The van der Waals surface area contributed by atoms with Crippen molar-refractivity contribution in [1.82, 2.24) is 10.9 Å². The Bertz CT molecular complexity index is 839. The summed E-state index contributed by atoms with van der Waals surface area (Å²) in [4.78, 5) is 24.0. The highest BCUT2D eigenvalue weighted by atomic mass is 79.9. The van der Waals surface area contributed by atoms with Crippen molar-refractivity contribution in [3.63, 3.8) is 0 Å². The second-order valence-corrected chi connectivity index (χ2v) is 7.60. The van der Waals surface area contributed by atoms with Gasteiger partial charge in [-0.3, -0.25) is 20.4 Å². The van der Waals surface area contributed by atoms with Crippen molar-refractivity contribution < 1.29 is 19.1 Å². The van der Waals surface area contributed by atoms with Gasteiger partial charge < -0.3 is 9.47 Å². The molecule has 0 heterocycles. The zero-order valence-electron chi connectivity index (χ0n) is 16.4. The summed E-state index contributed by atoms with van der Waals surface area (Å²) >= 11 is 3.44. The Hall–Kier alpha value is -2.54. The van der Waals surface area contributed by atoms with E-state index in [0.717, 1.165) is 10.0 Å². The molecule has 2 aromatic rings. The summed E-state index contributed by atoms with van der Waals surface area (Å²) in [5.74, 6) is 0.607. The third-order valence-corrected chi connectivity index (χ3v) is 4.60. The number of carbonyl (C=O) groups is 2. The van der Waals surface area contributed by atoms with Crippen LogP contribution in [-0.4, -0.2) is 24.5 Å². The molecule has 150 valence electrons. The monoisotopic (exact) mass is 448 g/mol. The minimum atomic E-state index is -0.763. The Labute approximate surface area is 173 Å². The van der Waals surface area contributed by atoms with Crippen molar-refractivity contribution in [2.75, 3.05) is 6.61 Å². The van der Waals surface area contributed by atoms with E-state index in [1.165, 1.54) is 5.56 Å². The minimum absolute atomic E-state index is 0.229. The summed E-state index contributed by atoms with van der Waals surface area (Å²) in [5, 5.41) is 0. The van der Waals surface area contributed by atoms with Crippen molar-refractivity contribution in [2.24, 2.45) is 0 Å². The lowest BCUT2D eigenvalue weighted by Crippen LogP contribution is -2.48. The van der Waals surface area contributed by atoms with E-state index in [2.05, 4.69) is 40.6 Å². The summed E-state index contributed by atoms with van der Waals surface area (Å²) in [7, 11) is 0. The molecule has 0 saturated carbocycles. The number of carbonyl (C=O) groups excluding carboxylic acids is 2. The largest absolute Gasteiger partial charge is 0.483 e. The van der Waals surface area contributed by atoms with Gasteiger partial charge in [-0.25, -0.2) is 0 Å². The zero-order chi connectivity index (χ0) is 20.7. The van der Waals surface area contributed by atoms with Gasteiger partial charge in [0.25, 0.3) is 11.8 Å². The standard InChI is InChI=1S/C21H25BrN2O4/c1-13(2)16-8-9-19(18(22)11-16)27-12-20(25)23-24-21(26)15(4)28-17-7-5-6-14(3)10-17/h5-11,13,15H,12H2,1-4H3,(H,23,25)(H,24,26). The highest BCUT2D eigenvalue weighted by Gasteiger charge is 2.16. The number of rotatable bonds is 7. The SMILES string of the molecule is Cc1cccc(OC(C)C(=O)NNC(=O)COc2ccc(C(C)C)cc2Br)c1. The molecule has 0 aliphatic heterocycles. The second-order valence-electron chi connectivity index (χ2n) is 6.75. The first-order valence-corrected chi connectivity index (χ1v) is 9.80. The molecule has 0 aromatic heterocycles. The number of aryl methyl sites for hydroxylation is 1. The number of hydrazine groups is 1. The molecule has 1 atom stereocenters. The van der Waals surface area contributed by atoms with E-state index in [1.807, 2.05) is 43.3 Å². The Kier molecular flexibility index (Phi) is 7.87. The van der Waals surface area contributed by atoms with Crippen LogP contribution < -0.4 is 20.3 Å². The van der Waals surface area contributed by atoms with Gasteiger partial charge in [0.05, 0.1) is 4.47 Å². The highest BCUT2D eigenvalue weighted by molar-refractivity contribution is 9.10. The first-order chi connectivity index (χ1) is 13.3. The summed E-state index contributed by atoms with van der Waals surface area (Å²) < 4.78 is 11.8. The number of ether oxygens (including phenoxy) is 2. The highest BCUT2D eigenvalue weighted by Crippen LogP contribution is 2.28. The van der Waals surface area contributed by atoms with Crippen LogP contribution in [0.5, 0.6) is 11.5 Å². The zero-order valence-corrected chi connectivity index (χ0v) is 18.0. The normalized spacial score (nSPS) is 11.6. The molecular formula is C21H25BrN2O4. The third kappa shape index (κ3) is 6.56. The quantitative estimate of drug-likeness (QED) is 0.630. The molecule has 0 fully saturated rings. The molecule has 0 aliphatic rings. The van der Waals surface area contributed by atoms with Gasteiger partial charge in [-0.15, -0.1) is 0 Å². The van der Waals surface area contributed by atoms with E-state index in [1.54, 1.807) is 13.0 Å². The van der Waals surface area contributed by atoms with Gasteiger partial charge in [0.2, 0.25) is 0 Å². The average molecular weight is 449 g/mol. The minimum Gasteiger partial charge on any atom is -0.483 e. The molecule has 0 bridgehead atoms. The van der Waals surface area contributed by atoms with Crippen LogP contribution >= 0.6 is 15.9 Å². The number of hydrogen-bond donors (Lipinski definition) is 2. The van der Waals surface area contributed by atoms with Crippen LogP contribution in [0.3, 0.4) is 0 Å². The van der Waals surface area contributed by atoms with Gasteiger partial charge in [0, 0.05) is 0 Å². The van der Waals surface area contributed by atoms with Crippen LogP contribution in [0, 0.1) is 6.92 Å². The van der Waals surface area contributed by atoms with Crippen LogP contribution in [0.4, 0.5) is 0 Å². The van der Waals surface area contributed by atoms with Crippen molar-refractivity contribution in [3.8, 4) is 11.5 Å². The third-order valence-electron chi connectivity index (χ3n) is 3.98. The van der Waals surface area contributed by atoms with Gasteiger partial charge in [-0.05, 0) is 71.1 Å². The van der Waals surface area contributed by atoms with E-state index in [0.29, 0.717) is 17.4 Å². The second kappa shape index (κ2) is 10.1. The fourth-order valence-electron chi connectivity index (χ4n) is 2.35. The number of benzene rings is 2. The molecule has 28 heavy (non-hydrogen) atoms. The molecule has 0 radical (unpaired) electrons. The number of halogens is 1. The van der Waals surface area contributed by atoms with Crippen molar-refractivity contribution in [3.05, 3.63) is 58.1 Å². The van der Waals surface area contributed by atoms with Crippen LogP contribution in [0.25, 0.3) is 0 Å². The molecule has 0 aliphatic carbocycles. The van der Waals surface area contributed by atoms with E-state index in [-0.39, 0.29) is 6.61 Å². The maximum absolute atomic E-state index is 12.1. The van der Waals surface area contributed by atoms with Crippen molar-refractivity contribution >= 4 is 27.7 Å². The van der Waals surface area contributed by atoms with Gasteiger partial charge in [0.1, 0.15) is 11.5 Å². The Morgan fingerprint density at radius 3 is 2.46 bits per heavy atom. The predicted octanol–water partition coefficient (Wildman–Crippen LogP) is 3.87. The molecule has 6 nitrogen and oxygen atoms in total. The van der Waals surface area contributed by atoms with Crippen molar-refractivity contribution in [1.29, 1.82) is 0 Å². The molecule has 0 spiro atoms. The topological polar surface area (TPSA) is 76.7 Å². The lowest BCUT2D eigenvalue weighted by atomic mass is 10.0. The van der Waals surface area contributed by atoms with Crippen LogP contribution in [-0.2, 0) is 9.59 Å². The lowest BCUT2D eigenvalue weighted by Gasteiger charge is -2.16. The first-order valence-electron chi connectivity index (χ1n) is 9.00. The fraction of sp³-hybridized carbons (Fsp3) is 0.333. The fourth-order valence-corrected chi connectivity index (χ4v) is 2.86. The summed E-state index contributed by atoms with van der Waals surface area (Å²) in [6.45, 7) is 7.51. The van der Waals surface area contributed by atoms with Gasteiger partial charge in [-0.1, -0.05) is 32.0 Å². The summed E-state index contributed by atoms with van der Waals surface area (Å²) in [6, 6.07) is 13.1. The van der Waals surface area contributed by atoms with Crippen LogP contribution in [0.15, 0.2) is 46.9 Å². The Morgan fingerprint density at radius 2 is 1.82 bits per heavy atom. The molecule has 1 unspecified atom stereocenters. The van der Waals surface area contributed by atoms with E-state index in [9.17, 15) is 9.59 Å². The first kappa shape index (κ1) is 21.8. The van der Waals surface area contributed by atoms with Crippen LogP contribution in [0.1, 0.15) is 37.8 Å². The van der Waals surface area contributed by atoms with Gasteiger partial charge >= 0.3 is 0 Å². The summed E-state index contributed by atoms with van der Waals surface area (Å²) in [5.41, 5.74) is 6.85. The van der Waals surface area contributed by atoms with Crippen LogP contribution in [0.2, 0.25) is 0 Å². The summed E-state index contributed by atoms with van der Waals surface area (Å²) in [6.07, 6.45) is -0.763. The predicted molar refractivity (Wildman–Crippen MR) is 111 cm³/mol. The van der Waals surface area contributed by atoms with E-state index < -0.39 is 17.9 Å². The maximum atomic E-state index is 12.1. The Morgan fingerprint density at radius 1 is 1.07 bits per heavy atom. The number of nitrogens with one attached hydrogen (secondary N) is 2. The molecule has 2 amide bonds.